The molecule has 3 saturated carbocycles. The predicted molar refractivity (Wildman–Crippen MR) is 143 cm³/mol. The largest absolute Gasteiger partial charge is 0.414 e. The number of fused-ring (bicyclic) bond motifs is 5. The molecule has 0 heterocycles. The number of rotatable bonds is 5. The monoisotopic (exact) mass is 492 g/mol. The zero-order chi connectivity index (χ0) is 24.4. The van der Waals surface area contributed by atoms with Gasteiger partial charge in [-0.25, -0.2) is 0 Å². The first-order chi connectivity index (χ1) is 15.1. The molecule has 0 aliphatic heterocycles. The lowest BCUT2D eigenvalue weighted by molar-refractivity contribution is -0.0850. The van der Waals surface area contributed by atoms with Crippen molar-refractivity contribution in [2.45, 2.75) is 129 Å². The fourth-order valence-electron chi connectivity index (χ4n) is 7.98. The maximum Gasteiger partial charge on any atom is 0.192 e. The van der Waals surface area contributed by atoms with E-state index in [9.17, 15) is 5.11 Å². The van der Waals surface area contributed by atoms with E-state index in [2.05, 4.69) is 66.5 Å². The molecule has 3 fully saturated rings. The van der Waals surface area contributed by atoms with E-state index < -0.39 is 16.6 Å². The Morgan fingerprint density at radius 3 is 2.27 bits per heavy atom. The molecule has 1 N–H and O–H groups in total. The summed E-state index contributed by atoms with van der Waals surface area (Å²) in [5, 5.41) is 11.1. The maximum atomic E-state index is 10.9. The van der Waals surface area contributed by atoms with E-state index in [-0.39, 0.29) is 10.5 Å². The third-order valence-corrected chi connectivity index (χ3v) is 16.3. The first-order valence-corrected chi connectivity index (χ1v) is 20.1. The predicted octanol–water partition coefficient (Wildman–Crippen LogP) is 7.53. The lowest BCUT2D eigenvalue weighted by Gasteiger charge is -2.59. The Morgan fingerprint density at radius 1 is 0.970 bits per heavy atom. The van der Waals surface area contributed by atoms with E-state index in [4.69, 9.17) is 8.85 Å². The van der Waals surface area contributed by atoms with Crippen LogP contribution in [0.15, 0.2) is 11.6 Å². The Bertz CT molecular complexity index is 764. The molecule has 0 aromatic rings. The molecule has 0 bridgehead atoms. The molecular weight excluding hydrogens is 440 g/mol. The van der Waals surface area contributed by atoms with Crippen molar-refractivity contribution in [2.75, 3.05) is 6.61 Å². The highest BCUT2D eigenvalue weighted by Gasteiger charge is 2.60. The summed E-state index contributed by atoms with van der Waals surface area (Å²) in [5.41, 5.74) is 1.87. The molecular formula is C28H52O3Si2. The van der Waals surface area contributed by atoms with E-state index in [0.717, 1.165) is 25.2 Å². The molecule has 0 amide bonds. The minimum atomic E-state index is -1.77. The van der Waals surface area contributed by atoms with E-state index in [1.165, 1.54) is 37.7 Å². The molecule has 3 nitrogen and oxygen atoms in total. The van der Waals surface area contributed by atoms with Crippen LogP contribution in [0.5, 0.6) is 0 Å². The molecule has 7 atom stereocenters. The van der Waals surface area contributed by atoms with E-state index in [1.54, 1.807) is 0 Å². The smallest absolute Gasteiger partial charge is 0.192 e. The van der Waals surface area contributed by atoms with Gasteiger partial charge in [0.1, 0.15) is 0 Å². The molecule has 4 aliphatic carbocycles. The Kier molecular flexibility index (Phi) is 6.79. The highest BCUT2D eigenvalue weighted by Crippen LogP contribution is 2.65. The summed E-state index contributed by atoms with van der Waals surface area (Å²) >= 11 is 0. The van der Waals surface area contributed by atoms with Crippen LogP contribution in [0.1, 0.15) is 79.1 Å². The van der Waals surface area contributed by atoms with Gasteiger partial charge in [-0.2, -0.15) is 0 Å². The topological polar surface area (TPSA) is 38.7 Å². The number of hydrogen-bond donors (Lipinski definition) is 1. The van der Waals surface area contributed by atoms with Crippen LogP contribution in [0.25, 0.3) is 0 Å². The van der Waals surface area contributed by atoms with Gasteiger partial charge in [0.05, 0.1) is 12.7 Å². The number of allylic oxidation sites excluding steroid dienone is 1. The Morgan fingerprint density at radius 2 is 1.67 bits per heavy atom. The fraction of sp³-hybridized carbons (Fsp3) is 0.929. The zero-order valence-corrected chi connectivity index (χ0v) is 25.1. The van der Waals surface area contributed by atoms with Gasteiger partial charge in [-0.05, 0) is 112 Å². The molecule has 0 aromatic carbocycles. The van der Waals surface area contributed by atoms with Crippen LogP contribution < -0.4 is 0 Å². The van der Waals surface area contributed by atoms with Crippen molar-refractivity contribution >= 4 is 16.6 Å². The van der Waals surface area contributed by atoms with Gasteiger partial charge in [-0.15, -0.1) is 0 Å². The summed E-state index contributed by atoms with van der Waals surface area (Å²) in [7, 11) is -3.32. The van der Waals surface area contributed by atoms with Crippen LogP contribution in [0.2, 0.25) is 37.8 Å². The van der Waals surface area contributed by atoms with E-state index >= 15 is 0 Å². The minimum absolute atomic E-state index is 0.00919. The van der Waals surface area contributed by atoms with Crippen molar-refractivity contribution < 1.29 is 14.0 Å². The normalized spacial score (nSPS) is 41.8. The second-order valence-corrected chi connectivity index (χ2v) is 24.0. The van der Waals surface area contributed by atoms with Crippen LogP contribution in [-0.4, -0.2) is 40.6 Å². The second-order valence-electron chi connectivity index (χ2n) is 14.7. The van der Waals surface area contributed by atoms with Gasteiger partial charge in [0.15, 0.2) is 16.6 Å². The number of aliphatic hydroxyl groups excluding tert-OH is 1. The van der Waals surface area contributed by atoms with Gasteiger partial charge >= 0.3 is 0 Å². The van der Waals surface area contributed by atoms with Crippen molar-refractivity contribution in [1.29, 1.82) is 0 Å². The first-order valence-electron chi connectivity index (χ1n) is 13.8. The minimum Gasteiger partial charge on any atom is -0.414 e. The maximum absolute atomic E-state index is 10.9. The highest BCUT2D eigenvalue weighted by atomic mass is 28.4. The quantitative estimate of drug-likeness (QED) is 0.318. The Labute approximate surface area is 206 Å². The van der Waals surface area contributed by atoms with Gasteiger partial charge in [-0.1, -0.05) is 39.3 Å². The summed E-state index contributed by atoms with van der Waals surface area (Å²) in [5.74, 6) is 2.10. The Balaban J connectivity index is 1.54. The summed E-state index contributed by atoms with van der Waals surface area (Å²) in [6.07, 6.45) is 12.9. The average molecular weight is 493 g/mol. The summed E-state index contributed by atoms with van der Waals surface area (Å²) in [4.78, 5) is 0. The molecule has 33 heavy (non-hydrogen) atoms. The van der Waals surface area contributed by atoms with Gasteiger partial charge in [0.2, 0.25) is 0 Å². The van der Waals surface area contributed by atoms with Crippen LogP contribution in [-0.2, 0) is 8.85 Å². The number of aliphatic hydroxyl groups is 1. The first kappa shape index (κ1) is 26.1. The van der Waals surface area contributed by atoms with Gasteiger partial charge in [-0.3, -0.25) is 0 Å². The lowest BCUT2D eigenvalue weighted by Crippen LogP contribution is -2.55. The Hall–Kier alpha value is 0.0538. The molecule has 0 spiro atoms. The third-order valence-electron chi connectivity index (χ3n) is 10.7. The van der Waals surface area contributed by atoms with E-state index in [0.29, 0.717) is 36.1 Å². The van der Waals surface area contributed by atoms with Crippen LogP contribution in [0.3, 0.4) is 0 Å². The molecule has 0 radical (unpaired) electrons. The summed E-state index contributed by atoms with van der Waals surface area (Å²) in [6, 6.07) is 0. The molecule has 1 unspecified atom stereocenters. The van der Waals surface area contributed by atoms with Gasteiger partial charge in [0, 0.05) is 11.5 Å². The van der Waals surface area contributed by atoms with Crippen LogP contribution >= 0.6 is 0 Å². The molecule has 4 rings (SSSR count). The van der Waals surface area contributed by atoms with Crippen molar-refractivity contribution in [3.8, 4) is 0 Å². The van der Waals surface area contributed by atoms with Crippen LogP contribution in [0, 0.1) is 28.6 Å². The van der Waals surface area contributed by atoms with Gasteiger partial charge in [0.25, 0.3) is 0 Å². The van der Waals surface area contributed by atoms with Crippen LogP contribution in [0.4, 0.5) is 0 Å². The SMILES string of the molecule is CC(C)(C)[Si](C)(C)OC1CC[C@@]2(CO)C(=CC[C@@H]3[C@@H]2CC[C@]2(C)[C@@H](O[Si](C)(C)C)CC[C@@H]32)C1. The summed E-state index contributed by atoms with van der Waals surface area (Å²) < 4.78 is 13.6. The van der Waals surface area contributed by atoms with Crippen molar-refractivity contribution in [3.05, 3.63) is 11.6 Å². The number of hydrogen-bond acceptors (Lipinski definition) is 3. The van der Waals surface area contributed by atoms with Crippen molar-refractivity contribution in [1.82, 2.24) is 0 Å². The average Bonchev–Trinajstić information content (AvgIpc) is 3.01. The summed E-state index contributed by atoms with van der Waals surface area (Å²) in [6.45, 7) is 21.7. The lowest BCUT2D eigenvalue weighted by atomic mass is 9.47. The third kappa shape index (κ3) is 4.52. The standard InChI is InChI=1S/C28H52O3Si2/c1-26(2,3)33(8,9)30-21-14-17-28(19-29)20(18-21)10-11-22-23-12-13-25(31-32(5,6)7)27(23,4)16-15-24(22)28/h10,21-25,29H,11-19H2,1-9H3/t21?,22-,23-,24-,25-,27-,28+/m0/s1. The molecule has 190 valence electrons. The molecule has 5 heteroatoms. The highest BCUT2D eigenvalue weighted by molar-refractivity contribution is 6.74. The van der Waals surface area contributed by atoms with Crippen molar-refractivity contribution in [2.24, 2.45) is 28.6 Å². The fourth-order valence-corrected chi connectivity index (χ4v) is 10.6. The van der Waals surface area contributed by atoms with Crippen molar-refractivity contribution in [3.63, 3.8) is 0 Å². The second kappa shape index (κ2) is 8.57. The molecule has 0 aromatic heterocycles. The molecule has 4 aliphatic rings. The van der Waals surface area contributed by atoms with E-state index in [1.807, 2.05) is 0 Å². The molecule has 0 saturated heterocycles. The zero-order valence-electron chi connectivity index (χ0n) is 23.1. The van der Waals surface area contributed by atoms with Gasteiger partial charge < -0.3 is 14.0 Å².